The number of benzene rings is 3. The molecule has 0 bridgehead atoms. The topological polar surface area (TPSA) is 109 Å². The van der Waals surface area contributed by atoms with Crippen molar-refractivity contribution in [2.75, 3.05) is 0 Å². The molecular weight excluding hydrogens is 394 g/mol. The van der Waals surface area contributed by atoms with Crippen molar-refractivity contribution in [3.8, 4) is 22.8 Å². The molecule has 0 saturated heterocycles. The minimum Gasteiger partial charge on any atom is -0.508 e. The van der Waals surface area contributed by atoms with Crippen molar-refractivity contribution < 1.29 is 14.7 Å². The molecule has 0 atom stereocenters. The minimum atomic E-state index is -0.655. The van der Waals surface area contributed by atoms with E-state index in [0.717, 1.165) is 11.3 Å². The van der Waals surface area contributed by atoms with Crippen molar-refractivity contribution >= 4 is 11.8 Å². The maximum atomic E-state index is 12.6. The minimum absolute atomic E-state index is 0.0137. The van der Waals surface area contributed by atoms with E-state index >= 15 is 0 Å². The van der Waals surface area contributed by atoms with Crippen LogP contribution in [0.1, 0.15) is 16.2 Å². The normalized spacial score (nSPS) is 10.5. The van der Waals surface area contributed by atoms with Crippen LogP contribution >= 0.6 is 0 Å². The molecule has 0 aliphatic carbocycles. The second-order valence-electron chi connectivity index (χ2n) is 6.68. The number of hydrogen-bond acceptors (Lipinski definition) is 5. The summed E-state index contributed by atoms with van der Waals surface area (Å²) in [7, 11) is 0. The summed E-state index contributed by atoms with van der Waals surface area (Å²) in [6, 6.07) is 25.2. The molecule has 0 aliphatic heterocycles. The number of phenolic OH excluding ortho intramolecular Hbond substituents is 1. The molecule has 0 spiro atoms. The first-order valence-corrected chi connectivity index (χ1v) is 9.56. The van der Waals surface area contributed by atoms with Gasteiger partial charge in [0.15, 0.2) is 5.82 Å². The fourth-order valence-corrected chi connectivity index (χ4v) is 2.99. The number of nitrogens with one attached hydrogen (secondary N) is 2. The lowest BCUT2D eigenvalue weighted by atomic mass is 10.1. The molecule has 1 aromatic heterocycles. The Bertz CT molecular complexity index is 1150. The molecule has 2 amide bonds. The van der Waals surface area contributed by atoms with Crippen LogP contribution in [-0.2, 0) is 11.2 Å². The van der Waals surface area contributed by atoms with E-state index in [-0.39, 0.29) is 18.0 Å². The van der Waals surface area contributed by atoms with Crippen LogP contribution in [0, 0.1) is 0 Å². The Kier molecular flexibility index (Phi) is 5.70. The zero-order chi connectivity index (χ0) is 21.6. The molecule has 4 aromatic rings. The fourth-order valence-electron chi connectivity index (χ4n) is 2.99. The van der Waals surface area contributed by atoms with Gasteiger partial charge in [-0.3, -0.25) is 20.4 Å². The number of phenols is 1. The van der Waals surface area contributed by atoms with E-state index in [4.69, 9.17) is 0 Å². The first-order chi connectivity index (χ1) is 15.1. The lowest BCUT2D eigenvalue weighted by Crippen LogP contribution is -2.42. The Morgan fingerprint density at radius 1 is 0.839 bits per heavy atom. The molecule has 0 aliphatic rings. The predicted octanol–water partition coefficient (Wildman–Crippen LogP) is 2.64. The maximum absolute atomic E-state index is 12.6. The first kappa shape index (κ1) is 19.8. The number of hydrazine groups is 1. The summed E-state index contributed by atoms with van der Waals surface area (Å²) in [5, 5.41) is 14.1. The summed E-state index contributed by atoms with van der Waals surface area (Å²) in [4.78, 5) is 29.1. The van der Waals surface area contributed by atoms with Crippen LogP contribution in [0.3, 0.4) is 0 Å². The highest BCUT2D eigenvalue weighted by Crippen LogP contribution is 2.21. The van der Waals surface area contributed by atoms with Crippen LogP contribution in [0.15, 0.2) is 84.9 Å². The lowest BCUT2D eigenvalue weighted by molar-refractivity contribution is -0.121. The smallest absolute Gasteiger partial charge is 0.309 e. The zero-order valence-corrected chi connectivity index (χ0v) is 16.4. The number of hydrogen-bond donors (Lipinski definition) is 3. The summed E-state index contributed by atoms with van der Waals surface area (Å²) in [5.74, 6) is -0.721. The third-order valence-corrected chi connectivity index (χ3v) is 4.50. The van der Waals surface area contributed by atoms with E-state index < -0.39 is 11.8 Å². The molecule has 31 heavy (non-hydrogen) atoms. The average molecular weight is 413 g/mol. The number of aromatic nitrogens is 3. The largest absolute Gasteiger partial charge is 0.508 e. The van der Waals surface area contributed by atoms with Crippen LogP contribution in [0.25, 0.3) is 17.1 Å². The molecule has 154 valence electrons. The predicted molar refractivity (Wildman–Crippen MR) is 114 cm³/mol. The molecule has 4 rings (SSSR count). The Labute approximate surface area is 178 Å². The summed E-state index contributed by atoms with van der Waals surface area (Å²) in [6.07, 6.45) is -0.0892. The third-order valence-electron chi connectivity index (χ3n) is 4.50. The first-order valence-electron chi connectivity index (χ1n) is 9.56. The SMILES string of the molecule is O=C(Cc1ccccc1O)NNC(=O)c1nc(-c2ccccc2)n(-c2ccccc2)n1. The molecule has 1 heterocycles. The Morgan fingerprint density at radius 2 is 1.48 bits per heavy atom. The van der Waals surface area contributed by atoms with E-state index in [9.17, 15) is 14.7 Å². The van der Waals surface area contributed by atoms with E-state index in [1.54, 1.807) is 22.9 Å². The van der Waals surface area contributed by atoms with Crippen LogP contribution < -0.4 is 10.9 Å². The van der Waals surface area contributed by atoms with E-state index in [2.05, 4.69) is 20.9 Å². The number of carbonyl (C=O) groups excluding carboxylic acids is 2. The van der Waals surface area contributed by atoms with Gasteiger partial charge >= 0.3 is 5.91 Å². The van der Waals surface area contributed by atoms with E-state index in [1.165, 1.54) is 6.07 Å². The molecule has 8 nitrogen and oxygen atoms in total. The number of amides is 2. The Balaban J connectivity index is 1.52. The standard InChI is InChI=1S/C23H19N5O3/c29-19-14-8-7-11-17(19)15-20(30)25-26-23(31)21-24-22(16-9-3-1-4-10-16)28(27-21)18-12-5-2-6-13-18/h1-14,29H,15H2,(H,25,30)(H,26,31). The van der Waals surface area contributed by atoms with Crippen molar-refractivity contribution in [1.29, 1.82) is 0 Å². The van der Waals surface area contributed by atoms with Gasteiger partial charge in [-0.2, -0.15) is 0 Å². The summed E-state index contributed by atoms with van der Waals surface area (Å²) in [6.45, 7) is 0. The van der Waals surface area contributed by atoms with Gasteiger partial charge in [-0.1, -0.05) is 66.7 Å². The quantitative estimate of drug-likeness (QED) is 0.436. The van der Waals surface area contributed by atoms with Gasteiger partial charge in [-0.25, -0.2) is 9.67 Å². The highest BCUT2D eigenvalue weighted by atomic mass is 16.3. The van der Waals surface area contributed by atoms with Crippen LogP contribution in [0.2, 0.25) is 0 Å². The van der Waals surface area contributed by atoms with Gasteiger partial charge in [0.1, 0.15) is 5.75 Å². The average Bonchev–Trinajstić information content (AvgIpc) is 3.26. The van der Waals surface area contributed by atoms with Crippen molar-refractivity contribution in [3.05, 3.63) is 96.3 Å². The van der Waals surface area contributed by atoms with E-state index in [0.29, 0.717) is 11.4 Å². The number of aromatic hydroxyl groups is 1. The van der Waals surface area contributed by atoms with Gasteiger partial charge < -0.3 is 5.11 Å². The van der Waals surface area contributed by atoms with Crippen molar-refractivity contribution in [2.45, 2.75) is 6.42 Å². The summed E-state index contributed by atoms with van der Waals surface area (Å²) in [5.41, 5.74) is 6.64. The molecule has 0 radical (unpaired) electrons. The lowest BCUT2D eigenvalue weighted by Gasteiger charge is -2.06. The number of nitrogens with zero attached hydrogens (tertiary/aromatic N) is 3. The Morgan fingerprint density at radius 3 is 2.19 bits per heavy atom. The summed E-state index contributed by atoms with van der Waals surface area (Å²) >= 11 is 0. The molecule has 0 fully saturated rings. The van der Waals surface area contributed by atoms with Crippen molar-refractivity contribution in [1.82, 2.24) is 25.6 Å². The van der Waals surface area contributed by atoms with Crippen LogP contribution in [-0.4, -0.2) is 31.7 Å². The highest BCUT2D eigenvalue weighted by Gasteiger charge is 2.19. The number of para-hydroxylation sites is 2. The molecule has 0 unspecified atom stereocenters. The molecular formula is C23H19N5O3. The fraction of sp³-hybridized carbons (Fsp3) is 0.0435. The van der Waals surface area contributed by atoms with Crippen LogP contribution in [0.5, 0.6) is 5.75 Å². The zero-order valence-electron chi connectivity index (χ0n) is 16.4. The second-order valence-corrected chi connectivity index (χ2v) is 6.68. The molecule has 3 N–H and O–H groups in total. The van der Waals surface area contributed by atoms with Crippen molar-refractivity contribution in [2.24, 2.45) is 0 Å². The van der Waals surface area contributed by atoms with Gasteiger partial charge in [-0.15, -0.1) is 5.10 Å². The highest BCUT2D eigenvalue weighted by molar-refractivity contribution is 5.92. The Hall–Kier alpha value is -4.46. The third kappa shape index (κ3) is 4.59. The van der Waals surface area contributed by atoms with Gasteiger partial charge in [0.05, 0.1) is 12.1 Å². The summed E-state index contributed by atoms with van der Waals surface area (Å²) < 4.78 is 1.58. The van der Waals surface area contributed by atoms with Crippen LogP contribution in [0.4, 0.5) is 0 Å². The van der Waals surface area contributed by atoms with E-state index in [1.807, 2.05) is 60.7 Å². The van der Waals surface area contributed by atoms with Crippen molar-refractivity contribution in [3.63, 3.8) is 0 Å². The molecule has 8 heteroatoms. The van der Waals surface area contributed by atoms with Gasteiger partial charge in [0.25, 0.3) is 0 Å². The van der Waals surface area contributed by atoms with Gasteiger partial charge in [-0.05, 0) is 18.2 Å². The maximum Gasteiger partial charge on any atom is 0.309 e. The molecule has 0 saturated carbocycles. The monoisotopic (exact) mass is 413 g/mol. The molecule has 3 aromatic carbocycles. The van der Waals surface area contributed by atoms with Gasteiger partial charge in [0.2, 0.25) is 11.7 Å². The van der Waals surface area contributed by atoms with Gasteiger partial charge in [0, 0.05) is 11.1 Å². The second kappa shape index (κ2) is 8.91. The number of carbonyl (C=O) groups is 2. The number of rotatable bonds is 5.